The maximum absolute atomic E-state index is 5.11. The van der Waals surface area contributed by atoms with Crippen molar-refractivity contribution in [2.24, 2.45) is 7.05 Å². The summed E-state index contributed by atoms with van der Waals surface area (Å²) in [6, 6.07) is 0. The smallest absolute Gasteiger partial charge is 0.179 e. The Morgan fingerprint density at radius 2 is 2.00 bits per heavy atom. The molecule has 6 heteroatoms. The quantitative estimate of drug-likeness (QED) is 0.657. The average molecular weight is 212 g/mol. The maximum Gasteiger partial charge on any atom is 0.179 e. The van der Waals surface area contributed by atoms with Gasteiger partial charge in [0.05, 0.1) is 0 Å². The third-order valence-electron chi connectivity index (χ3n) is 1.87. The molecule has 0 saturated carbocycles. The van der Waals surface area contributed by atoms with Crippen LogP contribution < -0.4 is 0 Å². The van der Waals surface area contributed by atoms with Gasteiger partial charge in [-0.2, -0.15) is 0 Å². The lowest BCUT2D eigenvalue weighted by Gasteiger charge is -1.98. The van der Waals surface area contributed by atoms with E-state index in [1.807, 2.05) is 14.0 Å². The Morgan fingerprint density at radius 3 is 2.69 bits per heavy atom. The first-order chi connectivity index (χ1) is 6.09. The fourth-order valence-corrected chi connectivity index (χ4v) is 1.71. The molecule has 0 aliphatic heterocycles. The molecule has 0 atom stereocenters. The summed E-state index contributed by atoms with van der Waals surface area (Å²) in [5.41, 5.74) is 1.63. The van der Waals surface area contributed by atoms with Crippen molar-refractivity contribution < 1.29 is 0 Å². The van der Waals surface area contributed by atoms with E-state index < -0.39 is 0 Å². The molecule has 2 heterocycles. The Morgan fingerprint density at radius 1 is 1.31 bits per heavy atom. The molecule has 2 rings (SSSR count). The van der Waals surface area contributed by atoms with Crippen LogP contribution in [0.4, 0.5) is 0 Å². The number of fused-ring (bicyclic) bond motifs is 1. The van der Waals surface area contributed by atoms with E-state index in [1.54, 1.807) is 4.57 Å². The van der Waals surface area contributed by atoms with Gasteiger partial charge in [-0.15, -0.1) is 0 Å². The fraction of sp³-hybridized carbons (Fsp3) is 0.286. The number of aryl methyl sites for hydroxylation is 2. The molecule has 0 aliphatic rings. The highest BCUT2D eigenvalue weighted by atomic mass is 32.1. The summed E-state index contributed by atoms with van der Waals surface area (Å²) in [7, 11) is 1.86. The highest BCUT2D eigenvalue weighted by molar-refractivity contribution is 7.72. The molecule has 68 valence electrons. The minimum Gasteiger partial charge on any atom is -0.338 e. The number of H-pyrrole nitrogens is 2. The van der Waals surface area contributed by atoms with Crippen LogP contribution in [0.25, 0.3) is 11.2 Å². The summed E-state index contributed by atoms with van der Waals surface area (Å²) >= 11 is 10.2. The molecule has 0 amide bonds. The Balaban J connectivity index is 3.13. The number of rotatable bonds is 0. The van der Waals surface area contributed by atoms with Gasteiger partial charge in [0.1, 0.15) is 16.0 Å². The van der Waals surface area contributed by atoms with E-state index in [0.717, 1.165) is 17.0 Å². The molecule has 0 radical (unpaired) electrons. The van der Waals surface area contributed by atoms with E-state index in [0.29, 0.717) is 9.41 Å². The third-order valence-corrected chi connectivity index (χ3v) is 2.56. The maximum atomic E-state index is 5.11. The van der Waals surface area contributed by atoms with E-state index in [1.165, 1.54) is 0 Å². The molecule has 2 aromatic rings. The lowest BCUT2D eigenvalue weighted by atomic mass is 10.5. The van der Waals surface area contributed by atoms with Crippen LogP contribution in [0.1, 0.15) is 5.82 Å². The SMILES string of the molecule is Cc1nc2c([nH]1)c(=S)[nH]c(=S)n2C. The van der Waals surface area contributed by atoms with Gasteiger partial charge in [0.15, 0.2) is 10.4 Å². The standard InChI is InChI=1S/C7H8N4S2/c1-3-8-4-5(9-3)11(2)7(13)10-6(4)12/h1-2H3,(H,8,9)(H,10,12,13). The lowest BCUT2D eigenvalue weighted by molar-refractivity contribution is 0.871. The predicted octanol–water partition coefficient (Wildman–Crippen LogP) is 2.00. The number of aromatic nitrogens is 4. The van der Waals surface area contributed by atoms with Gasteiger partial charge in [-0.05, 0) is 19.1 Å². The number of hydrogen-bond donors (Lipinski definition) is 2. The monoisotopic (exact) mass is 212 g/mol. The van der Waals surface area contributed by atoms with E-state index in [2.05, 4.69) is 15.0 Å². The predicted molar refractivity (Wildman–Crippen MR) is 55.8 cm³/mol. The summed E-state index contributed by atoms with van der Waals surface area (Å²) < 4.78 is 2.99. The van der Waals surface area contributed by atoms with Crippen molar-refractivity contribution in [3.8, 4) is 0 Å². The zero-order chi connectivity index (χ0) is 9.59. The topological polar surface area (TPSA) is 49.4 Å². The largest absolute Gasteiger partial charge is 0.338 e. The molecule has 13 heavy (non-hydrogen) atoms. The Hall–Kier alpha value is -1.01. The number of nitrogens with one attached hydrogen (secondary N) is 2. The van der Waals surface area contributed by atoms with Gasteiger partial charge in [0.2, 0.25) is 0 Å². The van der Waals surface area contributed by atoms with Gasteiger partial charge >= 0.3 is 0 Å². The lowest BCUT2D eigenvalue weighted by Crippen LogP contribution is -1.97. The van der Waals surface area contributed by atoms with E-state index in [-0.39, 0.29) is 0 Å². The van der Waals surface area contributed by atoms with Crippen LogP contribution in [0.3, 0.4) is 0 Å². The van der Waals surface area contributed by atoms with Crippen molar-refractivity contribution in [3.05, 3.63) is 15.2 Å². The fourth-order valence-electron chi connectivity index (χ4n) is 1.22. The van der Waals surface area contributed by atoms with Crippen LogP contribution in [0.5, 0.6) is 0 Å². The van der Waals surface area contributed by atoms with Crippen LogP contribution >= 0.6 is 24.4 Å². The molecule has 0 spiro atoms. The van der Waals surface area contributed by atoms with Crippen molar-refractivity contribution in [2.75, 3.05) is 0 Å². The Labute approximate surface area is 84.6 Å². The number of imidazole rings is 1. The normalized spacial score (nSPS) is 10.9. The van der Waals surface area contributed by atoms with Crippen molar-refractivity contribution in [1.82, 2.24) is 19.5 Å². The molecule has 2 N–H and O–H groups in total. The summed E-state index contributed by atoms with van der Waals surface area (Å²) in [4.78, 5) is 10.3. The number of hydrogen-bond acceptors (Lipinski definition) is 3. The van der Waals surface area contributed by atoms with Gasteiger partial charge < -0.3 is 14.5 Å². The molecule has 4 nitrogen and oxygen atoms in total. The highest BCUT2D eigenvalue weighted by Crippen LogP contribution is 2.10. The highest BCUT2D eigenvalue weighted by Gasteiger charge is 2.03. The molecular formula is C7H8N4S2. The number of nitrogens with zero attached hydrogens (tertiary/aromatic N) is 2. The first kappa shape index (κ1) is 8.58. The first-order valence-corrected chi connectivity index (χ1v) is 4.57. The van der Waals surface area contributed by atoms with Crippen LogP contribution in [-0.4, -0.2) is 19.5 Å². The molecule has 0 fully saturated rings. The molecular weight excluding hydrogens is 204 g/mol. The molecule has 0 unspecified atom stereocenters. The van der Waals surface area contributed by atoms with Crippen molar-refractivity contribution in [2.45, 2.75) is 6.92 Å². The minimum absolute atomic E-state index is 0.587. The van der Waals surface area contributed by atoms with Gasteiger partial charge in [-0.1, -0.05) is 12.2 Å². The summed E-state index contributed by atoms with van der Waals surface area (Å²) in [6.45, 7) is 1.89. The molecule has 2 aromatic heterocycles. The summed E-state index contributed by atoms with van der Waals surface area (Å²) in [5.74, 6) is 0.839. The summed E-state index contributed by atoms with van der Waals surface area (Å²) in [6.07, 6.45) is 0. The number of aromatic amines is 2. The zero-order valence-corrected chi connectivity index (χ0v) is 8.84. The second-order valence-corrected chi connectivity index (χ2v) is 3.63. The van der Waals surface area contributed by atoms with E-state index >= 15 is 0 Å². The van der Waals surface area contributed by atoms with Gasteiger partial charge in [-0.25, -0.2) is 4.98 Å². The van der Waals surface area contributed by atoms with E-state index in [9.17, 15) is 0 Å². The molecule has 0 aromatic carbocycles. The van der Waals surface area contributed by atoms with Crippen molar-refractivity contribution >= 4 is 35.6 Å². The Kier molecular flexibility index (Phi) is 1.81. The average Bonchev–Trinajstić information content (AvgIpc) is 2.44. The minimum atomic E-state index is 0.587. The van der Waals surface area contributed by atoms with Crippen LogP contribution in [-0.2, 0) is 7.05 Å². The second kappa shape index (κ2) is 2.74. The molecule has 0 aliphatic carbocycles. The van der Waals surface area contributed by atoms with Crippen LogP contribution in [0.2, 0.25) is 0 Å². The van der Waals surface area contributed by atoms with Gasteiger partial charge in [0, 0.05) is 7.05 Å². The van der Waals surface area contributed by atoms with Crippen molar-refractivity contribution in [3.63, 3.8) is 0 Å². The Bertz CT molecular complexity index is 574. The van der Waals surface area contributed by atoms with E-state index in [4.69, 9.17) is 24.4 Å². The second-order valence-electron chi connectivity index (χ2n) is 2.84. The van der Waals surface area contributed by atoms with Crippen LogP contribution in [0, 0.1) is 16.3 Å². The molecule has 0 bridgehead atoms. The van der Waals surface area contributed by atoms with Gasteiger partial charge in [0.25, 0.3) is 0 Å². The van der Waals surface area contributed by atoms with Gasteiger partial charge in [-0.3, -0.25) is 0 Å². The zero-order valence-electron chi connectivity index (χ0n) is 7.21. The van der Waals surface area contributed by atoms with Crippen molar-refractivity contribution in [1.29, 1.82) is 0 Å². The third kappa shape index (κ3) is 1.22. The summed E-state index contributed by atoms with van der Waals surface area (Å²) in [5, 5.41) is 0. The van der Waals surface area contributed by atoms with Crippen LogP contribution in [0.15, 0.2) is 0 Å². The first-order valence-electron chi connectivity index (χ1n) is 3.75. The molecule has 0 saturated heterocycles.